The Morgan fingerprint density at radius 1 is 1.45 bits per heavy atom. The van der Waals surface area contributed by atoms with Gasteiger partial charge in [-0.05, 0) is 18.8 Å². The lowest BCUT2D eigenvalue weighted by atomic mass is 9.90. The third-order valence-electron chi connectivity index (χ3n) is 1.27. The summed E-state index contributed by atoms with van der Waals surface area (Å²) >= 11 is 0. The molecule has 0 spiro atoms. The molecule has 0 aromatic carbocycles. The lowest BCUT2D eigenvalue weighted by Gasteiger charge is -2.22. The second-order valence-electron chi connectivity index (χ2n) is 4.18. The van der Waals surface area contributed by atoms with Gasteiger partial charge < -0.3 is 4.74 Å². The van der Waals surface area contributed by atoms with Crippen molar-refractivity contribution in [2.45, 2.75) is 47.1 Å². The van der Waals surface area contributed by atoms with E-state index in [9.17, 15) is 4.79 Å². The van der Waals surface area contributed by atoms with Crippen LogP contribution in [0.25, 0.3) is 0 Å². The molecule has 0 heterocycles. The van der Waals surface area contributed by atoms with E-state index < -0.39 is 0 Å². The van der Waals surface area contributed by atoms with E-state index >= 15 is 0 Å². The number of esters is 1. The average Bonchev–Trinajstić information content (AvgIpc) is 1.53. The summed E-state index contributed by atoms with van der Waals surface area (Å²) in [6, 6.07) is 0. The molecule has 0 radical (unpaired) electrons. The lowest BCUT2D eigenvalue weighted by molar-refractivity contribution is -0.146. The second-order valence-corrected chi connectivity index (χ2v) is 4.18. The Labute approximate surface area is 68.9 Å². The van der Waals surface area contributed by atoms with Crippen LogP contribution in [0.1, 0.15) is 41.0 Å². The zero-order valence-corrected chi connectivity index (χ0v) is 8.10. The summed E-state index contributed by atoms with van der Waals surface area (Å²) in [6.07, 6.45) is 0.944. The largest absolute Gasteiger partial charge is 0.463 e. The SMILES string of the molecule is CC(=O)O[C@H](C)CC(C)(C)C. The molecule has 0 aromatic heterocycles. The van der Waals surface area contributed by atoms with Crippen LogP contribution in [0.5, 0.6) is 0 Å². The fourth-order valence-electron chi connectivity index (χ4n) is 1.19. The molecule has 0 rings (SSSR count). The van der Waals surface area contributed by atoms with Gasteiger partial charge in [-0.25, -0.2) is 0 Å². The van der Waals surface area contributed by atoms with E-state index in [1.807, 2.05) is 6.92 Å². The monoisotopic (exact) mass is 158 g/mol. The summed E-state index contributed by atoms with van der Waals surface area (Å²) in [4.78, 5) is 10.5. The Kier molecular flexibility index (Phi) is 3.56. The number of carbonyl (C=O) groups excluding carboxylic acids is 1. The fourth-order valence-corrected chi connectivity index (χ4v) is 1.19. The molecule has 1 atom stereocenters. The molecular formula is C9H18O2. The van der Waals surface area contributed by atoms with E-state index in [0.29, 0.717) is 0 Å². The molecule has 11 heavy (non-hydrogen) atoms. The summed E-state index contributed by atoms with van der Waals surface area (Å²) in [5.41, 5.74) is 0.231. The highest BCUT2D eigenvalue weighted by atomic mass is 16.5. The van der Waals surface area contributed by atoms with Crippen LogP contribution in [0.2, 0.25) is 0 Å². The highest BCUT2D eigenvalue weighted by Crippen LogP contribution is 2.21. The molecule has 0 aromatic rings. The van der Waals surface area contributed by atoms with Gasteiger partial charge in [0.15, 0.2) is 0 Å². The van der Waals surface area contributed by atoms with E-state index in [1.165, 1.54) is 6.92 Å². The Morgan fingerprint density at radius 3 is 2.18 bits per heavy atom. The van der Waals surface area contributed by atoms with Crippen molar-refractivity contribution in [3.05, 3.63) is 0 Å². The van der Waals surface area contributed by atoms with Crippen LogP contribution < -0.4 is 0 Å². The molecule has 0 aliphatic carbocycles. The van der Waals surface area contributed by atoms with Crippen molar-refractivity contribution in [3.63, 3.8) is 0 Å². The number of hydrogen-bond donors (Lipinski definition) is 0. The molecule has 66 valence electrons. The molecule has 0 amide bonds. The highest BCUT2D eigenvalue weighted by molar-refractivity contribution is 5.66. The van der Waals surface area contributed by atoms with Gasteiger partial charge in [-0.2, -0.15) is 0 Å². The number of carbonyl (C=O) groups is 1. The van der Waals surface area contributed by atoms with Crippen LogP contribution in [-0.4, -0.2) is 12.1 Å². The van der Waals surface area contributed by atoms with Crippen LogP contribution in [0.3, 0.4) is 0 Å². The van der Waals surface area contributed by atoms with Gasteiger partial charge in [0.2, 0.25) is 0 Å². The van der Waals surface area contributed by atoms with E-state index in [4.69, 9.17) is 4.74 Å². The Hall–Kier alpha value is -0.530. The van der Waals surface area contributed by atoms with Crippen LogP contribution in [-0.2, 0) is 9.53 Å². The normalized spacial score (nSPS) is 14.3. The summed E-state index contributed by atoms with van der Waals surface area (Å²) in [7, 11) is 0. The molecule has 0 saturated carbocycles. The fraction of sp³-hybridized carbons (Fsp3) is 0.889. The molecule has 0 N–H and O–H groups in total. The highest BCUT2D eigenvalue weighted by Gasteiger charge is 2.16. The zero-order chi connectivity index (χ0) is 9.07. The predicted molar refractivity (Wildman–Crippen MR) is 45.3 cm³/mol. The Bertz CT molecular complexity index is 133. The van der Waals surface area contributed by atoms with Crippen molar-refractivity contribution in [1.29, 1.82) is 0 Å². The van der Waals surface area contributed by atoms with Crippen molar-refractivity contribution in [3.8, 4) is 0 Å². The van der Waals surface area contributed by atoms with Gasteiger partial charge in [0, 0.05) is 6.92 Å². The van der Waals surface area contributed by atoms with Gasteiger partial charge >= 0.3 is 5.97 Å². The summed E-state index contributed by atoms with van der Waals surface area (Å²) < 4.78 is 4.99. The third-order valence-corrected chi connectivity index (χ3v) is 1.27. The summed E-state index contributed by atoms with van der Waals surface area (Å²) in [5, 5.41) is 0. The topological polar surface area (TPSA) is 26.3 Å². The van der Waals surface area contributed by atoms with Crippen molar-refractivity contribution in [2.24, 2.45) is 5.41 Å². The number of hydrogen-bond acceptors (Lipinski definition) is 2. The molecular weight excluding hydrogens is 140 g/mol. The maximum atomic E-state index is 10.5. The minimum absolute atomic E-state index is 0.0347. The first kappa shape index (κ1) is 10.5. The van der Waals surface area contributed by atoms with Crippen LogP contribution in [0.4, 0.5) is 0 Å². The molecule has 2 heteroatoms. The average molecular weight is 158 g/mol. The maximum Gasteiger partial charge on any atom is 0.302 e. The minimum atomic E-state index is -0.193. The van der Waals surface area contributed by atoms with Crippen molar-refractivity contribution in [1.82, 2.24) is 0 Å². The zero-order valence-electron chi connectivity index (χ0n) is 8.10. The van der Waals surface area contributed by atoms with Crippen LogP contribution in [0, 0.1) is 5.41 Å². The van der Waals surface area contributed by atoms with Crippen molar-refractivity contribution in [2.75, 3.05) is 0 Å². The van der Waals surface area contributed by atoms with Gasteiger partial charge in [0.05, 0.1) is 6.10 Å². The Morgan fingerprint density at radius 2 is 1.91 bits per heavy atom. The lowest BCUT2D eigenvalue weighted by Crippen LogP contribution is -2.19. The molecule has 0 bridgehead atoms. The summed E-state index contributed by atoms with van der Waals surface area (Å²) in [5.74, 6) is -0.193. The third kappa shape index (κ3) is 7.37. The first-order valence-electron chi connectivity index (χ1n) is 3.98. The van der Waals surface area contributed by atoms with E-state index in [1.54, 1.807) is 0 Å². The van der Waals surface area contributed by atoms with E-state index in [-0.39, 0.29) is 17.5 Å². The van der Waals surface area contributed by atoms with Crippen molar-refractivity contribution >= 4 is 5.97 Å². The molecule has 2 nitrogen and oxygen atoms in total. The first-order valence-corrected chi connectivity index (χ1v) is 3.98. The Balaban J connectivity index is 3.69. The minimum Gasteiger partial charge on any atom is -0.463 e. The molecule has 0 aliphatic rings. The molecule has 0 unspecified atom stereocenters. The standard InChI is InChI=1S/C9H18O2/c1-7(11-8(2)10)6-9(3,4)5/h7H,6H2,1-5H3/t7-/m1/s1. The van der Waals surface area contributed by atoms with Crippen molar-refractivity contribution < 1.29 is 9.53 Å². The van der Waals surface area contributed by atoms with Gasteiger partial charge in [-0.3, -0.25) is 4.79 Å². The first-order chi connectivity index (χ1) is 4.81. The molecule has 0 saturated heterocycles. The smallest absolute Gasteiger partial charge is 0.302 e. The quantitative estimate of drug-likeness (QED) is 0.577. The van der Waals surface area contributed by atoms with E-state index in [2.05, 4.69) is 20.8 Å². The van der Waals surface area contributed by atoms with Gasteiger partial charge in [-0.15, -0.1) is 0 Å². The van der Waals surface area contributed by atoms with Crippen LogP contribution >= 0.6 is 0 Å². The predicted octanol–water partition coefficient (Wildman–Crippen LogP) is 2.37. The van der Waals surface area contributed by atoms with Gasteiger partial charge in [0.1, 0.15) is 0 Å². The maximum absolute atomic E-state index is 10.5. The number of ether oxygens (including phenoxy) is 1. The molecule has 0 fully saturated rings. The summed E-state index contributed by atoms with van der Waals surface area (Å²) in [6.45, 7) is 9.76. The second kappa shape index (κ2) is 3.74. The van der Waals surface area contributed by atoms with Gasteiger partial charge in [0.25, 0.3) is 0 Å². The van der Waals surface area contributed by atoms with E-state index in [0.717, 1.165) is 6.42 Å². The molecule has 0 aliphatic heterocycles. The number of rotatable bonds is 2. The van der Waals surface area contributed by atoms with Crippen LogP contribution in [0.15, 0.2) is 0 Å². The van der Waals surface area contributed by atoms with Gasteiger partial charge in [-0.1, -0.05) is 20.8 Å².